The van der Waals surface area contributed by atoms with Crippen LogP contribution < -0.4 is 10.2 Å². The number of alkyl halides is 3. The van der Waals surface area contributed by atoms with E-state index in [9.17, 15) is 38.2 Å². The number of anilines is 2. The van der Waals surface area contributed by atoms with Crippen LogP contribution in [0.3, 0.4) is 0 Å². The summed E-state index contributed by atoms with van der Waals surface area (Å²) in [6.07, 6.45) is -4.06. The number of amides is 1. The smallest absolute Gasteiger partial charge is 0.366 e. The average molecular weight is 438 g/mol. The molecule has 0 unspecified atom stereocenters. The van der Waals surface area contributed by atoms with E-state index in [4.69, 9.17) is 0 Å². The van der Waals surface area contributed by atoms with Crippen LogP contribution in [0.2, 0.25) is 0 Å². The summed E-state index contributed by atoms with van der Waals surface area (Å²) in [4.78, 5) is 34.8. The molecule has 31 heavy (non-hydrogen) atoms. The van der Waals surface area contributed by atoms with Gasteiger partial charge in [-0.2, -0.15) is 13.2 Å². The number of benzene rings is 2. The van der Waals surface area contributed by atoms with Crippen molar-refractivity contribution in [1.82, 2.24) is 0 Å². The predicted molar refractivity (Wildman–Crippen MR) is 105 cm³/mol. The molecule has 12 heteroatoms. The Hall–Kier alpha value is -3.70. The molecule has 0 saturated carbocycles. The fourth-order valence-electron chi connectivity index (χ4n) is 3.44. The van der Waals surface area contributed by atoms with Gasteiger partial charge in [0, 0.05) is 42.9 Å². The van der Waals surface area contributed by atoms with E-state index in [2.05, 4.69) is 5.32 Å². The molecule has 1 amide bonds. The molecule has 0 aromatic heterocycles. The molecule has 1 aliphatic heterocycles. The normalized spacial score (nSPS) is 14.9. The second-order valence-electron chi connectivity index (χ2n) is 7.02. The minimum Gasteiger partial charge on any atom is -0.366 e. The van der Waals surface area contributed by atoms with E-state index in [-0.39, 0.29) is 36.1 Å². The molecule has 2 aromatic rings. The highest BCUT2D eigenvalue weighted by molar-refractivity contribution is 5.93. The summed E-state index contributed by atoms with van der Waals surface area (Å²) in [6, 6.07) is 7.87. The number of nitro benzene ring substituents is 2. The molecule has 9 nitrogen and oxygen atoms in total. The maximum atomic E-state index is 12.9. The highest BCUT2D eigenvalue weighted by Crippen LogP contribution is 2.37. The maximum absolute atomic E-state index is 12.9. The van der Waals surface area contributed by atoms with Gasteiger partial charge in [-0.1, -0.05) is 6.07 Å². The third kappa shape index (κ3) is 5.08. The number of hydrogen-bond acceptors (Lipinski definition) is 6. The summed E-state index contributed by atoms with van der Waals surface area (Å²) in [5.41, 5.74) is -1.57. The second-order valence-corrected chi connectivity index (χ2v) is 7.02. The van der Waals surface area contributed by atoms with Crippen LogP contribution in [0.1, 0.15) is 18.4 Å². The Bertz CT molecular complexity index is 1020. The number of non-ortho nitro benzene ring substituents is 1. The van der Waals surface area contributed by atoms with Crippen molar-refractivity contribution in [1.29, 1.82) is 0 Å². The molecule has 0 bridgehead atoms. The fourth-order valence-corrected chi connectivity index (χ4v) is 3.44. The first-order chi connectivity index (χ1) is 14.6. The second kappa shape index (κ2) is 8.58. The highest BCUT2D eigenvalue weighted by Gasteiger charge is 2.35. The van der Waals surface area contributed by atoms with Crippen molar-refractivity contribution in [3.05, 3.63) is 68.3 Å². The number of nitrogens with one attached hydrogen (secondary N) is 1. The minimum atomic E-state index is -4.69. The van der Waals surface area contributed by atoms with Crippen LogP contribution in [-0.4, -0.2) is 28.8 Å². The SMILES string of the molecule is O=C(Nc1cccc([N+](=O)[O-])c1)C1CCN(c2ccc(C(F)(F)F)cc2[N+](=O)[O-])CC1. The Morgan fingerprint density at radius 3 is 2.29 bits per heavy atom. The number of rotatable bonds is 5. The number of halogens is 3. The van der Waals surface area contributed by atoms with Gasteiger partial charge >= 0.3 is 6.18 Å². The van der Waals surface area contributed by atoms with Crippen molar-refractivity contribution < 1.29 is 27.8 Å². The standard InChI is InChI=1S/C19H17F3N4O5/c20-19(21,22)13-4-5-16(17(10-13)26(30)31)24-8-6-12(7-9-24)18(27)23-14-2-1-3-15(11-14)25(28)29/h1-5,10-12H,6-9H2,(H,23,27). The zero-order valence-corrected chi connectivity index (χ0v) is 16.0. The van der Waals surface area contributed by atoms with Crippen molar-refractivity contribution in [2.45, 2.75) is 19.0 Å². The van der Waals surface area contributed by atoms with E-state index in [1.54, 1.807) is 4.90 Å². The molecule has 1 heterocycles. The lowest BCUT2D eigenvalue weighted by atomic mass is 9.95. The molecular formula is C19H17F3N4O5. The molecule has 1 fully saturated rings. The average Bonchev–Trinajstić information content (AvgIpc) is 2.73. The van der Waals surface area contributed by atoms with Gasteiger partial charge in [-0.15, -0.1) is 0 Å². The lowest BCUT2D eigenvalue weighted by Gasteiger charge is -2.32. The summed E-state index contributed by atoms with van der Waals surface area (Å²) in [7, 11) is 0. The van der Waals surface area contributed by atoms with E-state index in [1.807, 2.05) is 0 Å². The Morgan fingerprint density at radius 2 is 1.71 bits per heavy atom. The molecule has 1 aliphatic rings. The number of carbonyl (C=O) groups is 1. The van der Waals surface area contributed by atoms with Crippen LogP contribution in [-0.2, 0) is 11.0 Å². The maximum Gasteiger partial charge on any atom is 0.416 e. The Kier molecular flexibility index (Phi) is 6.09. The number of carbonyl (C=O) groups excluding carboxylic acids is 1. The van der Waals surface area contributed by atoms with Crippen LogP contribution in [0.25, 0.3) is 0 Å². The molecule has 1 saturated heterocycles. The number of hydrogen-bond donors (Lipinski definition) is 1. The van der Waals surface area contributed by atoms with Crippen LogP contribution in [0.4, 0.5) is 35.9 Å². The van der Waals surface area contributed by atoms with Crippen molar-refractivity contribution in [3.63, 3.8) is 0 Å². The topological polar surface area (TPSA) is 119 Å². The summed E-state index contributed by atoms with van der Waals surface area (Å²) >= 11 is 0. The first kappa shape index (κ1) is 22.0. The monoisotopic (exact) mass is 438 g/mol. The van der Waals surface area contributed by atoms with Crippen LogP contribution in [0, 0.1) is 26.1 Å². The number of nitro groups is 2. The van der Waals surface area contributed by atoms with Gasteiger partial charge in [-0.05, 0) is 31.0 Å². The fraction of sp³-hybridized carbons (Fsp3) is 0.316. The Balaban J connectivity index is 1.68. The van der Waals surface area contributed by atoms with Crippen molar-refractivity contribution >= 4 is 28.7 Å². The van der Waals surface area contributed by atoms with E-state index in [1.165, 1.54) is 24.3 Å². The Morgan fingerprint density at radius 1 is 1.03 bits per heavy atom. The molecule has 0 atom stereocenters. The highest BCUT2D eigenvalue weighted by atomic mass is 19.4. The summed E-state index contributed by atoms with van der Waals surface area (Å²) in [5.74, 6) is -0.786. The molecule has 1 N–H and O–H groups in total. The van der Waals surface area contributed by atoms with Gasteiger partial charge in [0.05, 0.1) is 15.4 Å². The predicted octanol–water partition coefficient (Wildman–Crippen LogP) is 4.38. The van der Waals surface area contributed by atoms with Crippen molar-refractivity contribution in [2.24, 2.45) is 5.92 Å². The van der Waals surface area contributed by atoms with E-state index >= 15 is 0 Å². The van der Waals surface area contributed by atoms with Crippen molar-refractivity contribution in [3.8, 4) is 0 Å². The largest absolute Gasteiger partial charge is 0.416 e. The number of nitrogens with zero attached hydrogens (tertiary/aromatic N) is 3. The van der Waals surface area contributed by atoms with E-state index in [0.717, 1.165) is 12.1 Å². The van der Waals surface area contributed by atoms with Gasteiger partial charge in [0.1, 0.15) is 5.69 Å². The zero-order chi connectivity index (χ0) is 22.8. The minimum absolute atomic E-state index is 0.0653. The van der Waals surface area contributed by atoms with Gasteiger partial charge < -0.3 is 10.2 Å². The molecule has 3 rings (SSSR count). The molecule has 0 spiro atoms. The van der Waals surface area contributed by atoms with Crippen LogP contribution in [0.5, 0.6) is 0 Å². The van der Waals surface area contributed by atoms with Crippen molar-refractivity contribution in [2.75, 3.05) is 23.3 Å². The third-order valence-electron chi connectivity index (χ3n) is 5.03. The van der Waals surface area contributed by atoms with Crippen LogP contribution in [0.15, 0.2) is 42.5 Å². The lowest BCUT2D eigenvalue weighted by Crippen LogP contribution is -2.38. The van der Waals surface area contributed by atoms with Gasteiger partial charge in [-0.3, -0.25) is 25.0 Å². The summed E-state index contributed by atoms with van der Waals surface area (Å²) in [5, 5.41) is 24.8. The third-order valence-corrected chi connectivity index (χ3v) is 5.03. The van der Waals surface area contributed by atoms with Gasteiger partial charge in [-0.25, -0.2) is 0 Å². The molecule has 164 valence electrons. The quantitative estimate of drug-likeness (QED) is 0.547. The first-order valence-corrected chi connectivity index (χ1v) is 9.22. The summed E-state index contributed by atoms with van der Waals surface area (Å²) < 4.78 is 38.6. The molecule has 0 aliphatic carbocycles. The van der Waals surface area contributed by atoms with Crippen LogP contribution >= 0.6 is 0 Å². The summed E-state index contributed by atoms with van der Waals surface area (Å²) in [6.45, 7) is 0.471. The molecule has 2 aromatic carbocycles. The Labute approximate surface area is 173 Å². The van der Waals surface area contributed by atoms with Gasteiger partial charge in [0.25, 0.3) is 11.4 Å². The lowest BCUT2D eigenvalue weighted by molar-refractivity contribution is -0.384. The first-order valence-electron chi connectivity index (χ1n) is 9.22. The molecule has 0 radical (unpaired) electrons. The number of piperidine rings is 1. The van der Waals surface area contributed by atoms with E-state index in [0.29, 0.717) is 18.9 Å². The zero-order valence-electron chi connectivity index (χ0n) is 16.0. The van der Waals surface area contributed by atoms with E-state index < -0.39 is 33.2 Å². The van der Waals surface area contributed by atoms with Gasteiger partial charge in [0.15, 0.2) is 0 Å². The molecular weight excluding hydrogens is 421 g/mol. The van der Waals surface area contributed by atoms with Gasteiger partial charge in [0.2, 0.25) is 5.91 Å².